The van der Waals surface area contributed by atoms with Crippen LogP contribution >= 0.6 is 0 Å². The van der Waals surface area contributed by atoms with E-state index in [4.69, 9.17) is 0 Å². The van der Waals surface area contributed by atoms with Gasteiger partial charge in [-0.25, -0.2) is 4.98 Å². The van der Waals surface area contributed by atoms with Gasteiger partial charge in [0.05, 0.1) is 0 Å². The maximum Gasteiger partial charge on any atom is 0.273 e. The highest BCUT2D eigenvalue weighted by atomic mass is 16.3. The summed E-state index contributed by atoms with van der Waals surface area (Å²) in [5, 5.41) is 14.7. The van der Waals surface area contributed by atoms with Gasteiger partial charge in [0, 0.05) is 25.7 Å². The molecule has 1 aromatic rings. The van der Waals surface area contributed by atoms with Crippen LogP contribution in [0, 0.1) is 5.92 Å². The predicted octanol–water partition coefficient (Wildman–Crippen LogP) is 0.679. The molecule has 0 unspecified atom stereocenters. The number of rotatable bonds is 6. The Labute approximate surface area is 112 Å². The molecule has 0 aliphatic heterocycles. The third-order valence-corrected chi connectivity index (χ3v) is 2.35. The summed E-state index contributed by atoms with van der Waals surface area (Å²) in [5.41, 5.74) is -0.0370. The quantitative estimate of drug-likeness (QED) is 0.705. The van der Waals surface area contributed by atoms with Crippen LogP contribution in [0.2, 0.25) is 0 Å². The first-order valence-electron chi connectivity index (χ1n) is 6.19. The van der Waals surface area contributed by atoms with Gasteiger partial charge >= 0.3 is 0 Å². The maximum atomic E-state index is 11.6. The summed E-state index contributed by atoms with van der Waals surface area (Å²) < 4.78 is 0. The van der Waals surface area contributed by atoms with Crippen LogP contribution < -0.4 is 10.6 Å². The first-order chi connectivity index (χ1) is 9.00. The molecule has 0 fully saturated rings. The van der Waals surface area contributed by atoms with Gasteiger partial charge in [-0.05, 0) is 18.1 Å². The van der Waals surface area contributed by atoms with E-state index in [9.17, 15) is 14.7 Å². The van der Waals surface area contributed by atoms with Crippen LogP contribution in [0.1, 0.15) is 30.8 Å². The Bertz CT molecular complexity index is 447. The average molecular weight is 265 g/mol. The fourth-order valence-electron chi connectivity index (χ4n) is 1.35. The molecule has 3 N–H and O–H groups in total. The zero-order valence-corrected chi connectivity index (χ0v) is 11.1. The number of hydrogen-bond acceptors (Lipinski definition) is 4. The minimum absolute atomic E-state index is 0.0370. The van der Waals surface area contributed by atoms with Gasteiger partial charge in [0.25, 0.3) is 5.91 Å². The van der Waals surface area contributed by atoms with Gasteiger partial charge in [-0.3, -0.25) is 9.59 Å². The Morgan fingerprint density at radius 1 is 1.37 bits per heavy atom. The topological polar surface area (TPSA) is 91.3 Å². The Hall–Kier alpha value is -2.11. The van der Waals surface area contributed by atoms with Crippen LogP contribution in [0.25, 0.3) is 0 Å². The molecular formula is C13H19N3O3. The number of hydrogen-bond donors (Lipinski definition) is 3. The van der Waals surface area contributed by atoms with Crippen LogP contribution in [-0.4, -0.2) is 35.0 Å². The molecule has 1 heterocycles. The monoisotopic (exact) mass is 265 g/mol. The summed E-state index contributed by atoms with van der Waals surface area (Å²) in [6.45, 7) is 4.84. The molecule has 2 amide bonds. The third kappa shape index (κ3) is 5.37. The number of nitrogens with one attached hydrogen (secondary N) is 2. The molecule has 104 valence electrons. The van der Waals surface area contributed by atoms with E-state index in [1.807, 2.05) is 13.8 Å². The smallest absolute Gasteiger partial charge is 0.273 e. The lowest BCUT2D eigenvalue weighted by Gasteiger charge is -2.08. The highest BCUT2D eigenvalue weighted by Crippen LogP contribution is 2.11. The molecule has 0 bridgehead atoms. The number of amides is 2. The van der Waals surface area contributed by atoms with Crippen LogP contribution in [0.3, 0.4) is 0 Å². The molecule has 6 nitrogen and oxygen atoms in total. The zero-order valence-electron chi connectivity index (χ0n) is 11.1. The fraction of sp³-hybridized carbons (Fsp3) is 0.462. The molecule has 0 atom stereocenters. The first kappa shape index (κ1) is 14.9. The summed E-state index contributed by atoms with van der Waals surface area (Å²) in [7, 11) is 0. The molecule has 1 aromatic heterocycles. The largest absolute Gasteiger partial charge is 0.505 e. The first-order valence-corrected chi connectivity index (χ1v) is 6.19. The van der Waals surface area contributed by atoms with E-state index in [-0.39, 0.29) is 30.3 Å². The van der Waals surface area contributed by atoms with Crippen molar-refractivity contribution in [3.8, 4) is 5.75 Å². The second-order valence-corrected chi connectivity index (χ2v) is 4.57. The van der Waals surface area contributed by atoms with E-state index in [2.05, 4.69) is 15.6 Å². The second kappa shape index (κ2) is 7.35. The van der Waals surface area contributed by atoms with E-state index in [0.717, 1.165) is 0 Å². The minimum Gasteiger partial charge on any atom is -0.505 e. The lowest BCUT2D eigenvalue weighted by atomic mass is 10.2. The van der Waals surface area contributed by atoms with Crippen molar-refractivity contribution < 1.29 is 14.7 Å². The summed E-state index contributed by atoms with van der Waals surface area (Å²) >= 11 is 0. The van der Waals surface area contributed by atoms with Crippen molar-refractivity contribution in [2.24, 2.45) is 5.92 Å². The molecular weight excluding hydrogens is 246 g/mol. The number of nitrogens with zero attached hydrogens (tertiary/aromatic N) is 1. The number of carbonyl (C=O) groups excluding carboxylic acids is 2. The zero-order chi connectivity index (χ0) is 14.3. The molecule has 0 aliphatic carbocycles. The van der Waals surface area contributed by atoms with E-state index >= 15 is 0 Å². The molecule has 0 saturated carbocycles. The van der Waals surface area contributed by atoms with E-state index in [1.165, 1.54) is 18.3 Å². The van der Waals surface area contributed by atoms with Gasteiger partial charge in [0.15, 0.2) is 5.69 Å². The van der Waals surface area contributed by atoms with Crippen molar-refractivity contribution in [3.05, 3.63) is 24.0 Å². The van der Waals surface area contributed by atoms with Crippen molar-refractivity contribution in [1.82, 2.24) is 15.6 Å². The third-order valence-electron chi connectivity index (χ3n) is 2.35. The van der Waals surface area contributed by atoms with Crippen molar-refractivity contribution >= 4 is 11.8 Å². The molecule has 1 rings (SSSR count). The van der Waals surface area contributed by atoms with Crippen molar-refractivity contribution in [1.29, 1.82) is 0 Å². The normalized spacial score (nSPS) is 10.3. The van der Waals surface area contributed by atoms with Gasteiger partial charge in [0.1, 0.15) is 5.75 Å². The fourth-order valence-corrected chi connectivity index (χ4v) is 1.35. The number of pyridine rings is 1. The summed E-state index contributed by atoms with van der Waals surface area (Å²) in [6, 6.07) is 2.92. The lowest BCUT2D eigenvalue weighted by Crippen LogP contribution is -2.32. The predicted molar refractivity (Wildman–Crippen MR) is 70.7 cm³/mol. The van der Waals surface area contributed by atoms with Crippen molar-refractivity contribution in [3.63, 3.8) is 0 Å². The van der Waals surface area contributed by atoms with Crippen LogP contribution in [0.4, 0.5) is 0 Å². The summed E-state index contributed by atoms with van der Waals surface area (Å²) in [6.07, 6.45) is 1.62. The maximum absolute atomic E-state index is 11.6. The van der Waals surface area contributed by atoms with Crippen LogP contribution in [0.5, 0.6) is 5.75 Å². The minimum atomic E-state index is -0.491. The highest BCUT2D eigenvalue weighted by Gasteiger charge is 2.11. The number of aromatic hydroxyl groups is 1. The second-order valence-electron chi connectivity index (χ2n) is 4.57. The summed E-state index contributed by atoms with van der Waals surface area (Å²) in [5.74, 6) is -0.387. The summed E-state index contributed by atoms with van der Waals surface area (Å²) in [4.78, 5) is 26.8. The Kier molecular flexibility index (Phi) is 5.78. The van der Waals surface area contributed by atoms with Gasteiger partial charge in [-0.15, -0.1) is 0 Å². The molecule has 6 heteroatoms. The Morgan fingerprint density at radius 2 is 2.11 bits per heavy atom. The standard InChI is InChI=1S/C13H19N3O3/c1-9(2)8-16-11(18)5-7-15-13(19)12-10(17)4-3-6-14-12/h3-4,6,9,17H,5,7-8H2,1-2H3,(H,15,19)(H,16,18). The van der Waals surface area contributed by atoms with Crippen molar-refractivity contribution in [2.75, 3.05) is 13.1 Å². The molecule has 0 spiro atoms. The van der Waals surface area contributed by atoms with Gasteiger partial charge < -0.3 is 15.7 Å². The van der Waals surface area contributed by atoms with Gasteiger partial charge in [-0.1, -0.05) is 13.8 Å². The van der Waals surface area contributed by atoms with Crippen LogP contribution in [0.15, 0.2) is 18.3 Å². The molecule has 0 saturated heterocycles. The molecule has 19 heavy (non-hydrogen) atoms. The highest BCUT2D eigenvalue weighted by molar-refractivity contribution is 5.94. The molecule has 0 aliphatic rings. The average Bonchev–Trinajstić information content (AvgIpc) is 2.36. The lowest BCUT2D eigenvalue weighted by molar-refractivity contribution is -0.121. The molecule has 0 aromatic carbocycles. The van der Waals surface area contributed by atoms with Crippen molar-refractivity contribution in [2.45, 2.75) is 20.3 Å². The van der Waals surface area contributed by atoms with E-state index in [1.54, 1.807) is 0 Å². The number of carbonyl (C=O) groups is 2. The van der Waals surface area contributed by atoms with E-state index < -0.39 is 5.91 Å². The Balaban J connectivity index is 2.32. The Morgan fingerprint density at radius 3 is 2.74 bits per heavy atom. The SMILES string of the molecule is CC(C)CNC(=O)CCNC(=O)c1ncccc1O. The van der Waals surface area contributed by atoms with Crippen LogP contribution in [-0.2, 0) is 4.79 Å². The van der Waals surface area contributed by atoms with Gasteiger partial charge in [-0.2, -0.15) is 0 Å². The van der Waals surface area contributed by atoms with Gasteiger partial charge in [0.2, 0.25) is 5.91 Å². The molecule has 0 radical (unpaired) electrons. The van der Waals surface area contributed by atoms with E-state index in [0.29, 0.717) is 12.5 Å². The number of aromatic nitrogens is 1.